The van der Waals surface area contributed by atoms with Crippen LogP contribution in [0.25, 0.3) is 0 Å². The van der Waals surface area contributed by atoms with Gasteiger partial charge in [0, 0.05) is 10.6 Å². The van der Waals surface area contributed by atoms with Crippen molar-refractivity contribution in [2.45, 2.75) is 13.0 Å². The number of halogens is 1. The molecule has 0 saturated heterocycles. The molecule has 0 aromatic heterocycles. The van der Waals surface area contributed by atoms with E-state index in [1.807, 2.05) is 18.2 Å². The number of Topliss-reactive ketones (excluding diaryl/α,β-unsaturated/α-hetero) is 1. The molecule has 0 unspecified atom stereocenters. The minimum Gasteiger partial charge on any atom is -0.483 e. The smallest absolute Gasteiger partial charge is 0.202 e. The topological polar surface area (TPSA) is 26.3 Å². The van der Waals surface area contributed by atoms with Crippen LogP contribution in [-0.2, 0) is 0 Å². The van der Waals surface area contributed by atoms with Crippen LogP contribution >= 0.6 is 11.6 Å². The highest BCUT2D eigenvalue weighted by atomic mass is 35.5. The number of carbonyl (C=O) groups excluding carboxylic acids is 1. The first-order valence-electron chi connectivity index (χ1n) is 5.68. The van der Waals surface area contributed by atoms with Crippen molar-refractivity contribution >= 4 is 17.4 Å². The maximum atomic E-state index is 12.1. The largest absolute Gasteiger partial charge is 0.483 e. The van der Waals surface area contributed by atoms with E-state index in [4.69, 9.17) is 16.3 Å². The molecule has 0 aliphatic carbocycles. The van der Waals surface area contributed by atoms with Crippen LogP contribution in [0.1, 0.15) is 17.3 Å². The van der Waals surface area contributed by atoms with E-state index in [2.05, 4.69) is 0 Å². The first kappa shape index (κ1) is 12.7. The summed E-state index contributed by atoms with van der Waals surface area (Å²) in [6.45, 7) is 1.74. The summed E-state index contributed by atoms with van der Waals surface area (Å²) in [5.74, 6) is 0.599. The van der Waals surface area contributed by atoms with Crippen molar-refractivity contribution in [3.8, 4) is 5.75 Å². The van der Waals surface area contributed by atoms with E-state index in [0.717, 1.165) is 0 Å². The Balaban J connectivity index is 2.06. The predicted molar refractivity (Wildman–Crippen MR) is 72.3 cm³/mol. The lowest BCUT2D eigenvalue weighted by atomic mass is 10.1. The van der Waals surface area contributed by atoms with Gasteiger partial charge >= 0.3 is 0 Å². The van der Waals surface area contributed by atoms with E-state index in [1.54, 1.807) is 43.3 Å². The molecule has 18 heavy (non-hydrogen) atoms. The van der Waals surface area contributed by atoms with Crippen molar-refractivity contribution in [3.63, 3.8) is 0 Å². The predicted octanol–water partition coefficient (Wildman–Crippen LogP) is 3.99. The summed E-state index contributed by atoms with van der Waals surface area (Å²) < 4.78 is 5.58. The molecule has 0 N–H and O–H groups in total. The van der Waals surface area contributed by atoms with Gasteiger partial charge < -0.3 is 4.74 Å². The molecule has 3 heteroatoms. The van der Waals surface area contributed by atoms with E-state index >= 15 is 0 Å². The first-order chi connectivity index (χ1) is 8.66. The van der Waals surface area contributed by atoms with Gasteiger partial charge in [0.2, 0.25) is 5.78 Å². The van der Waals surface area contributed by atoms with Crippen LogP contribution in [-0.4, -0.2) is 11.9 Å². The van der Waals surface area contributed by atoms with Crippen LogP contribution in [0.3, 0.4) is 0 Å². The van der Waals surface area contributed by atoms with Crippen molar-refractivity contribution < 1.29 is 9.53 Å². The third-order valence-electron chi connectivity index (χ3n) is 2.55. The molecular weight excluding hydrogens is 248 g/mol. The fourth-order valence-corrected chi connectivity index (χ4v) is 1.73. The summed E-state index contributed by atoms with van der Waals surface area (Å²) in [7, 11) is 0. The Morgan fingerprint density at radius 1 is 1.06 bits per heavy atom. The Labute approximate surface area is 111 Å². The second-order valence-corrected chi connectivity index (χ2v) is 4.38. The number of benzene rings is 2. The minimum absolute atomic E-state index is 0.0365. The second-order valence-electron chi connectivity index (χ2n) is 3.94. The third kappa shape index (κ3) is 3.11. The van der Waals surface area contributed by atoms with E-state index in [-0.39, 0.29) is 5.78 Å². The molecular formula is C15H13ClO2. The Kier molecular flexibility index (Phi) is 4.00. The summed E-state index contributed by atoms with van der Waals surface area (Å²) in [4.78, 5) is 12.1. The lowest BCUT2D eigenvalue weighted by Crippen LogP contribution is -2.23. The number of ether oxygens (including phenoxy) is 1. The second kappa shape index (κ2) is 5.69. The van der Waals surface area contributed by atoms with Gasteiger partial charge in [-0.2, -0.15) is 0 Å². The molecule has 0 radical (unpaired) electrons. The highest BCUT2D eigenvalue weighted by molar-refractivity contribution is 6.30. The summed E-state index contributed by atoms with van der Waals surface area (Å²) in [5, 5.41) is 0.643. The number of hydrogen-bond donors (Lipinski definition) is 0. The molecule has 2 nitrogen and oxygen atoms in total. The molecule has 2 aromatic carbocycles. The monoisotopic (exact) mass is 260 g/mol. The highest BCUT2D eigenvalue weighted by Crippen LogP contribution is 2.18. The summed E-state index contributed by atoms with van der Waals surface area (Å²) >= 11 is 5.78. The van der Waals surface area contributed by atoms with Crippen LogP contribution < -0.4 is 4.74 Å². The number of rotatable bonds is 4. The zero-order valence-corrected chi connectivity index (χ0v) is 10.7. The first-order valence-corrected chi connectivity index (χ1v) is 6.06. The maximum Gasteiger partial charge on any atom is 0.202 e. The molecule has 2 rings (SSSR count). The summed E-state index contributed by atoms with van der Waals surface area (Å²) in [6, 6.07) is 16.1. The van der Waals surface area contributed by atoms with Gasteiger partial charge in [0.05, 0.1) is 0 Å². The quantitative estimate of drug-likeness (QED) is 0.777. The van der Waals surface area contributed by atoms with Crippen LogP contribution in [0, 0.1) is 0 Å². The van der Waals surface area contributed by atoms with Crippen LogP contribution in [0.2, 0.25) is 5.02 Å². The van der Waals surface area contributed by atoms with E-state index in [1.165, 1.54) is 0 Å². The van der Waals surface area contributed by atoms with Crippen molar-refractivity contribution in [2.75, 3.05) is 0 Å². The molecule has 0 heterocycles. The SMILES string of the molecule is C[C@@H](Oc1ccc(Cl)cc1)C(=O)c1ccccc1. The molecule has 0 aliphatic heterocycles. The molecule has 0 spiro atoms. The van der Waals surface area contributed by atoms with Crippen LogP contribution in [0.15, 0.2) is 54.6 Å². The molecule has 0 aliphatic rings. The number of ketones is 1. The van der Waals surface area contributed by atoms with E-state index in [9.17, 15) is 4.79 Å². The molecule has 1 atom stereocenters. The Bertz CT molecular complexity index is 520. The van der Waals surface area contributed by atoms with Gasteiger partial charge in [-0.05, 0) is 31.2 Å². The molecule has 0 fully saturated rings. The van der Waals surface area contributed by atoms with Crippen molar-refractivity contribution in [1.82, 2.24) is 0 Å². The van der Waals surface area contributed by atoms with Gasteiger partial charge in [-0.25, -0.2) is 0 Å². The highest BCUT2D eigenvalue weighted by Gasteiger charge is 2.16. The minimum atomic E-state index is -0.520. The molecule has 2 aromatic rings. The zero-order chi connectivity index (χ0) is 13.0. The van der Waals surface area contributed by atoms with Crippen LogP contribution in [0.5, 0.6) is 5.75 Å². The maximum absolute atomic E-state index is 12.1. The Morgan fingerprint density at radius 2 is 1.67 bits per heavy atom. The normalized spacial score (nSPS) is 11.9. The lowest BCUT2D eigenvalue weighted by Gasteiger charge is -2.13. The van der Waals surface area contributed by atoms with Crippen molar-refractivity contribution in [1.29, 1.82) is 0 Å². The standard InChI is InChI=1S/C15H13ClO2/c1-11(15(17)12-5-3-2-4-6-12)18-14-9-7-13(16)8-10-14/h2-11H,1H3/t11-/m1/s1. The third-order valence-corrected chi connectivity index (χ3v) is 2.81. The zero-order valence-electron chi connectivity index (χ0n) is 9.97. The van der Waals surface area contributed by atoms with Gasteiger partial charge in [-0.1, -0.05) is 41.9 Å². The number of carbonyl (C=O) groups is 1. The summed E-state index contributed by atoms with van der Waals surface area (Å²) in [6.07, 6.45) is -0.520. The van der Waals surface area contributed by atoms with E-state index < -0.39 is 6.10 Å². The van der Waals surface area contributed by atoms with Gasteiger partial charge in [0.25, 0.3) is 0 Å². The fraction of sp³-hybridized carbons (Fsp3) is 0.133. The molecule has 92 valence electrons. The summed E-state index contributed by atoms with van der Waals surface area (Å²) in [5.41, 5.74) is 0.652. The van der Waals surface area contributed by atoms with Gasteiger partial charge in [-0.15, -0.1) is 0 Å². The fourth-order valence-electron chi connectivity index (χ4n) is 1.61. The van der Waals surface area contributed by atoms with Crippen LogP contribution in [0.4, 0.5) is 0 Å². The Morgan fingerprint density at radius 3 is 2.28 bits per heavy atom. The lowest BCUT2D eigenvalue weighted by molar-refractivity contribution is 0.0818. The van der Waals surface area contributed by atoms with Gasteiger partial charge in [-0.3, -0.25) is 4.79 Å². The van der Waals surface area contributed by atoms with Gasteiger partial charge in [0.1, 0.15) is 5.75 Å². The average Bonchev–Trinajstić information content (AvgIpc) is 2.41. The van der Waals surface area contributed by atoms with Crippen molar-refractivity contribution in [3.05, 3.63) is 65.2 Å². The van der Waals surface area contributed by atoms with Gasteiger partial charge in [0.15, 0.2) is 6.10 Å². The molecule has 0 bridgehead atoms. The van der Waals surface area contributed by atoms with Crippen molar-refractivity contribution in [2.24, 2.45) is 0 Å². The Hall–Kier alpha value is -1.80. The molecule has 0 saturated carbocycles. The average molecular weight is 261 g/mol. The number of hydrogen-bond acceptors (Lipinski definition) is 2. The molecule has 0 amide bonds. The van der Waals surface area contributed by atoms with E-state index in [0.29, 0.717) is 16.3 Å².